The lowest BCUT2D eigenvalue weighted by Gasteiger charge is -2.07. The molecule has 0 aliphatic heterocycles. The van der Waals surface area contributed by atoms with E-state index in [1.54, 1.807) is 48.5 Å². The van der Waals surface area contributed by atoms with Gasteiger partial charge in [0.15, 0.2) is 17.3 Å². The number of ketones is 1. The summed E-state index contributed by atoms with van der Waals surface area (Å²) in [4.78, 5) is 12.6. The molecular formula is C22H17FO3. The fourth-order valence-electron chi connectivity index (χ4n) is 2.68. The average molecular weight is 348 g/mol. The Morgan fingerprint density at radius 3 is 2.58 bits per heavy atom. The highest BCUT2D eigenvalue weighted by Gasteiger charge is 2.10. The molecule has 4 heteroatoms. The number of methoxy groups -OCH3 is 1. The van der Waals surface area contributed by atoms with Crippen molar-refractivity contribution >= 4 is 11.9 Å². The number of aromatic hydroxyl groups is 1. The van der Waals surface area contributed by atoms with E-state index in [9.17, 15) is 14.3 Å². The van der Waals surface area contributed by atoms with Gasteiger partial charge < -0.3 is 9.84 Å². The zero-order chi connectivity index (χ0) is 18.5. The first-order valence-corrected chi connectivity index (χ1v) is 8.03. The molecule has 0 aliphatic carbocycles. The SMILES string of the molecule is COc1ccc(/C=C/C(=O)c2ccccc2-c2cccc(F)c2)cc1O. The van der Waals surface area contributed by atoms with Gasteiger partial charge in [0.25, 0.3) is 0 Å². The Morgan fingerprint density at radius 1 is 1.04 bits per heavy atom. The molecule has 0 spiro atoms. The van der Waals surface area contributed by atoms with Crippen LogP contribution in [0.15, 0.2) is 72.8 Å². The second-order valence-corrected chi connectivity index (χ2v) is 5.68. The molecule has 0 heterocycles. The van der Waals surface area contributed by atoms with E-state index in [4.69, 9.17) is 4.74 Å². The number of benzene rings is 3. The largest absolute Gasteiger partial charge is 0.504 e. The van der Waals surface area contributed by atoms with Crippen molar-refractivity contribution in [2.24, 2.45) is 0 Å². The molecule has 130 valence electrons. The lowest BCUT2D eigenvalue weighted by molar-refractivity contribution is 0.104. The summed E-state index contributed by atoms with van der Waals surface area (Å²) < 4.78 is 18.5. The first-order valence-electron chi connectivity index (χ1n) is 8.03. The maximum Gasteiger partial charge on any atom is 0.186 e. The van der Waals surface area contributed by atoms with Crippen LogP contribution in [-0.2, 0) is 0 Å². The zero-order valence-corrected chi connectivity index (χ0v) is 14.1. The predicted molar refractivity (Wildman–Crippen MR) is 99.9 cm³/mol. The molecule has 1 N–H and O–H groups in total. The summed E-state index contributed by atoms with van der Waals surface area (Å²) >= 11 is 0. The molecule has 0 saturated carbocycles. The number of rotatable bonds is 5. The van der Waals surface area contributed by atoms with Crippen LogP contribution in [0.3, 0.4) is 0 Å². The number of hydrogen-bond acceptors (Lipinski definition) is 3. The van der Waals surface area contributed by atoms with Gasteiger partial charge in [0.2, 0.25) is 0 Å². The second kappa shape index (κ2) is 7.66. The molecule has 0 radical (unpaired) electrons. The van der Waals surface area contributed by atoms with E-state index in [2.05, 4.69) is 0 Å². The molecule has 3 aromatic carbocycles. The normalized spacial score (nSPS) is 10.8. The molecular weight excluding hydrogens is 331 g/mol. The molecule has 26 heavy (non-hydrogen) atoms. The van der Waals surface area contributed by atoms with Gasteiger partial charge in [-0.3, -0.25) is 4.79 Å². The molecule has 3 nitrogen and oxygen atoms in total. The molecule has 0 amide bonds. The van der Waals surface area contributed by atoms with Crippen molar-refractivity contribution in [1.29, 1.82) is 0 Å². The lowest BCUT2D eigenvalue weighted by atomic mass is 9.96. The van der Waals surface area contributed by atoms with Crippen molar-refractivity contribution in [3.05, 3.63) is 89.8 Å². The van der Waals surface area contributed by atoms with Crippen molar-refractivity contribution in [1.82, 2.24) is 0 Å². The maximum atomic E-state index is 13.5. The molecule has 3 rings (SSSR count). The van der Waals surface area contributed by atoms with E-state index < -0.39 is 0 Å². The first-order chi connectivity index (χ1) is 12.6. The summed E-state index contributed by atoms with van der Waals surface area (Å²) in [5, 5.41) is 9.81. The minimum absolute atomic E-state index is 0.00209. The average Bonchev–Trinajstić information content (AvgIpc) is 2.66. The number of phenols is 1. The van der Waals surface area contributed by atoms with Crippen molar-refractivity contribution < 1.29 is 19.0 Å². The highest BCUT2D eigenvalue weighted by Crippen LogP contribution is 2.28. The number of ether oxygens (including phenoxy) is 1. The van der Waals surface area contributed by atoms with Crippen LogP contribution >= 0.6 is 0 Å². The predicted octanol–water partition coefficient (Wildman–Crippen LogP) is 5.10. The molecule has 0 fully saturated rings. The third-order valence-electron chi connectivity index (χ3n) is 3.96. The van der Waals surface area contributed by atoms with E-state index in [0.29, 0.717) is 28.0 Å². The third kappa shape index (κ3) is 3.81. The van der Waals surface area contributed by atoms with Crippen molar-refractivity contribution in [3.8, 4) is 22.6 Å². The smallest absolute Gasteiger partial charge is 0.186 e. The van der Waals surface area contributed by atoms with Gasteiger partial charge in [-0.15, -0.1) is 0 Å². The summed E-state index contributed by atoms with van der Waals surface area (Å²) in [7, 11) is 1.47. The van der Waals surface area contributed by atoms with Gasteiger partial charge in [-0.2, -0.15) is 0 Å². The Labute approximate surface area is 151 Å². The topological polar surface area (TPSA) is 46.5 Å². The summed E-state index contributed by atoms with van der Waals surface area (Å²) in [6.45, 7) is 0. The second-order valence-electron chi connectivity index (χ2n) is 5.68. The quantitative estimate of drug-likeness (QED) is 0.515. The molecule has 0 aromatic heterocycles. The van der Waals surface area contributed by atoms with Crippen molar-refractivity contribution in [2.45, 2.75) is 0 Å². The Balaban J connectivity index is 1.90. The summed E-state index contributed by atoms with van der Waals surface area (Å²) in [5.41, 5.74) is 2.45. The molecule has 0 aliphatic rings. The minimum Gasteiger partial charge on any atom is -0.504 e. The number of hydrogen-bond donors (Lipinski definition) is 1. The van der Waals surface area contributed by atoms with Crippen LogP contribution in [0.2, 0.25) is 0 Å². The maximum absolute atomic E-state index is 13.5. The lowest BCUT2D eigenvalue weighted by Crippen LogP contribution is -1.98. The number of allylic oxidation sites excluding steroid dienone is 1. The highest BCUT2D eigenvalue weighted by molar-refractivity contribution is 6.10. The van der Waals surface area contributed by atoms with E-state index in [1.165, 1.54) is 31.4 Å². The number of phenolic OH excluding ortho intramolecular Hbond substituents is 1. The van der Waals surface area contributed by atoms with Crippen LogP contribution in [-0.4, -0.2) is 18.0 Å². The van der Waals surface area contributed by atoms with Gasteiger partial charge in [-0.05, 0) is 47.0 Å². The molecule has 0 unspecified atom stereocenters. The van der Waals surface area contributed by atoms with E-state index in [0.717, 1.165) is 0 Å². The van der Waals surface area contributed by atoms with Gasteiger partial charge in [0.1, 0.15) is 5.82 Å². The van der Waals surface area contributed by atoms with Gasteiger partial charge >= 0.3 is 0 Å². The Morgan fingerprint density at radius 2 is 1.85 bits per heavy atom. The summed E-state index contributed by atoms with van der Waals surface area (Å²) in [6.07, 6.45) is 3.04. The number of carbonyl (C=O) groups excluding carboxylic acids is 1. The first kappa shape index (κ1) is 17.4. The van der Waals surface area contributed by atoms with Gasteiger partial charge in [0, 0.05) is 5.56 Å². The summed E-state index contributed by atoms with van der Waals surface area (Å²) in [6, 6.07) is 18.1. The van der Waals surface area contributed by atoms with Crippen LogP contribution in [0, 0.1) is 5.82 Å². The zero-order valence-electron chi connectivity index (χ0n) is 14.1. The molecule has 3 aromatic rings. The fraction of sp³-hybridized carbons (Fsp3) is 0.0455. The standard InChI is InChI=1S/C22H17FO3/c1-26-22-12-10-15(13-21(22)25)9-11-20(24)19-8-3-2-7-18(19)16-5-4-6-17(23)14-16/h2-14,25H,1H3/b11-9+. The summed E-state index contributed by atoms with van der Waals surface area (Å²) in [5.74, 6) is -0.193. The van der Waals surface area contributed by atoms with Crippen LogP contribution in [0.5, 0.6) is 11.5 Å². The minimum atomic E-state index is -0.353. The van der Waals surface area contributed by atoms with E-state index in [-0.39, 0.29) is 17.3 Å². The third-order valence-corrected chi connectivity index (χ3v) is 3.96. The van der Waals surface area contributed by atoms with Crippen molar-refractivity contribution in [3.63, 3.8) is 0 Å². The van der Waals surface area contributed by atoms with Crippen LogP contribution in [0.25, 0.3) is 17.2 Å². The molecule has 0 atom stereocenters. The van der Waals surface area contributed by atoms with Crippen molar-refractivity contribution in [2.75, 3.05) is 7.11 Å². The Kier molecular flexibility index (Phi) is 5.13. The Bertz CT molecular complexity index is 977. The van der Waals surface area contributed by atoms with Gasteiger partial charge in [0.05, 0.1) is 7.11 Å². The fourth-order valence-corrected chi connectivity index (χ4v) is 2.68. The number of carbonyl (C=O) groups is 1. The highest BCUT2D eigenvalue weighted by atomic mass is 19.1. The van der Waals surface area contributed by atoms with Crippen LogP contribution in [0.1, 0.15) is 15.9 Å². The number of halogens is 1. The van der Waals surface area contributed by atoms with Crippen LogP contribution in [0.4, 0.5) is 4.39 Å². The van der Waals surface area contributed by atoms with E-state index >= 15 is 0 Å². The molecule has 0 bridgehead atoms. The monoisotopic (exact) mass is 348 g/mol. The van der Waals surface area contributed by atoms with Gasteiger partial charge in [-0.25, -0.2) is 4.39 Å². The van der Waals surface area contributed by atoms with E-state index in [1.807, 2.05) is 6.07 Å². The Hall–Kier alpha value is -3.40. The van der Waals surface area contributed by atoms with Crippen LogP contribution < -0.4 is 4.74 Å². The molecule has 0 saturated heterocycles. The van der Waals surface area contributed by atoms with Gasteiger partial charge in [-0.1, -0.05) is 48.5 Å².